The van der Waals surface area contributed by atoms with E-state index in [1.54, 1.807) is 6.20 Å². The van der Waals surface area contributed by atoms with E-state index in [-0.39, 0.29) is 5.91 Å². The van der Waals surface area contributed by atoms with E-state index in [0.717, 1.165) is 30.2 Å². The Morgan fingerprint density at radius 2 is 2.05 bits per heavy atom. The number of benzene rings is 1. The zero-order valence-electron chi connectivity index (χ0n) is 10.9. The zero-order chi connectivity index (χ0) is 13.5. The van der Waals surface area contributed by atoms with E-state index >= 15 is 0 Å². The first-order valence-corrected chi connectivity index (χ1v) is 6.65. The van der Waals surface area contributed by atoms with Gasteiger partial charge < -0.3 is 11.1 Å². The van der Waals surface area contributed by atoms with Gasteiger partial charge in [0.15, 0.2) is 0 Å². The molecule has 0 spiro atoms. The van der Waals surface area contributed by atoms with Gasteiger partial charge in [0.2, 0.25) is 0 Å². The molecule has 1 heterocycles. The fourth-order valence-corrected chi connectivity index (χ4v) is 2.04. The van der Waals surface area contributed by atoms with Gasteiger partial charge in [-0.3, -0.25) is 9.78 Å². The molecule has 0 unspecified atom stereocenters. The van der Waals surface area contributed by atoms with Crippen molar-refractivity contribution in [3.05, 3.63) is 42.1 Å². The van der Waals surface area contributed by atoms with E-state index in [2.05, 4.69) is 10.3 Å². The van der Waals surface area contributed by atoms with Crippen molar-refractivity contribution in [3.63, 3.8) is 0 Å². The van der Waals surface area contributed by atoms with Crippen LogP contribution in [0.3, 0.4) is 0 Å². The van der Waals surface area contributed by atoms with E-state index in [1.165, 1.54) is 0 Å². The molecule has 2 aromatic rings. The first-order chi connectivity index (χ1) is 9.33. The monoisotopic (exact) mass is 257 g/mol. The molecule has 4 heteroatoms. The molecule has 0 aliphatic heterocycles. The van der Waals surface area contributed by atoms with Gasteiger partial charge in [-0.15, -0.1) is 0 Å². The maximum Gasteiger partial charge on any atom is 0.251 e. The number of amides is 1. The number of hydrogen-bond acceptors (Lipinski definition) is 3. The molecule has 0 aliphatic carbocycles. The number of aromatic nitrogens is 1. The van der Waals surface area contributed by atoms with Gasteiger partial charge in [0.05, 0.1) is 5.52 Å². The summed E-state index contributed by atoms with van der Waals surface area (Å²) in [6.07, 6.45) is 4.75. The number of pyridine rings is 1. The third-order valence-corrected chi connectivity index (χ3v) is 3.06. The van der Waals surface area contributed by atoms with E-state index in [1.807, 2.05) is 30.3 Å². The highest BCUT2D eigenvalue weighted by Gasteiger charge is 2.08. The topological polar surface area (TPSA) is 68.0 Å². The standard InChI is InChI=1S/C15H19N3O/c16-9-2-1-3-10-18-15(19)13-6-4-8-14-12(13)7-5-11-17-14/h4-8,11H,1-3,9-10,16H2,(H,18,19). The van der Waals surface area contributed by atoms with Crippen molar-refractivity contribution in [3.8, 4) is 0 Å². The molecule has 1 aromatic heterocycles. The van der Waals surface area contributed by atoms with Crippen molar-refractivity contribution < 1.29 is 4.79 Å². The number of fused-ring (bicyclic) bond motifs is 1. The Morgan fingerprint density at radius 3 is 2.89 bits per heavy atom. The van der Waals surface area contributed by atoms with Gasteiger partial charge in [0.1, 0.15) is 0 Å². The normalized spacial score (nSPS) is 10.6. The summed E-state index contributed by atoms with van der Waals surface area (Å²) in [5.74, 6) is -0.0358. The van der Waals surface area contributed by atoms with E-state index in [0.29, 0.717) is 18.7 Å². The molecule has 0 bridgehead atoms. The molecule has 2 rings (SSSR count). The average Bonchev–Trinajstić information content (AvgIpc) is 2.46. The van der Waals surface area contributed by atoms with Gasteiger partial charge in [0, 0.05) is 23.7 Å². The van der Waals surface area contributed by atoms with Gasteiger partial charge >= 0.3 is 0 Å². The van der Waals surface area contributed by atoms with Crippen LogP contribution in [0.1, 0.15) is 29.6 Å². The predicted octanol–water partition coefficient (Wildman–Crippen LogP) is 2.09. The Bertz CT molecular complexity index is 549. The van der Waals surface area contributed by atoms with Gasteiger partial charge in [-0.2, -0.15) is 0 Å². The lowest BCUT2D eigenvalue weighted by atomic mass is 10.1. The van der Waals surface area contributed by atoms with Crippen molar-refractivity contribution in [2.75, 3.05) is 13.1 Å². The van der Waals surface area contributed by atoms with Gasteiger partial charge in [-0.25, -0.2) is 0 Å². The molecular formula is C15H19N3O. The minimum atomic E-state index is -0.0358. The maximum absolute atomic E-state index is 12.1. The highest BCUT2D eigenvalue weighted by Crippen LogP contribution is 2.16. The number of unbranched alkanes of at least 4 members (excludes halogenated alkanes) is 2. The molecule has 0 saturated carbocycles. The minimum absolute atomic E-state index is 0.0358. The molecule has 100 valence electrons. The van der Waals surface area contributed by atoms with Gasteiger partial charge in [-0.05, 0) is 37.6 Å². The van der Waals surface area contributed by atoms with Crippen LogP contribution < -0.4 is 11.1 Å². The molecule has 0 saturated heterocycles. The van der Waals surface area contributed by atoms with Crippen LogP contribution in [-0.4, -0.2) is 24.0 Å². The van der Waals surface area contributed by atoms with Crippen molar-refractivity contribution in [1.29, 1.82) is 0 Å². The summed E-state index contributed by atoms with van der Waals surface area (Å²) in [7, 11) is 0. The maximum atomic E-state index is 12.1. The second kappa shape index (κ2) is 6.85. The summed E-state index contributed by atoms with van der Waals surface area (Å²) >= 11 is 0. The van der Waals surface area contributed by atoms with Crippen LogP contribution in [0.25, 0.3) is 10.9 Å². The Labute approximate surface area is 113 Å². The summed E-state index contributed by atoms with van der Waals surface area (Å²) in [6.45, 7) is 1.40. The molecule has 0 aliphatic rings. The molecular weight excluding hydrogens is 238 g/mol. The lowest BCUT2D eigenvalue weighted by Crippen LogP contribution is -2.24. The van der Waals surface area contributed by atoms with Crippen LogP contribution in [0, 0.1) is 0 Å². The second-order valence-corrected chi connectivity index (χ2v) is 4.48. The highest BCUT2D eigenvalue weighted by atomic mass is 16.1. The fraction of sp³-hybridized carbons (Fsp3) is 0.333. The molecule has 3 N–H and O–H groups in total. The Balaban J connectivity index is 2.01. The summed E-state index contributed by atoms with van der Waals surface area (Å²) < 4.78 is 0. The zero-order valence-corrected chi connectivity index (χ0v) is 10.9. The number of nitrogens with two attached hydrogens (primary N) is 1. The number of nitrogens with one attached hydrogen (secondary N) is 1. The van der Waals surface area contributed by atoms with Crippen LogP contribution in [0.5, 0.6) is 0 Å². The molecule has 19 heavy (non-hydrogen) atoms. The van der Waals surface area contributed by atoms with E-state index < -0.39 is 0 Å². The Hall–Kier alpha value is -1.94. The Kier molecular flexibility index (Phi) is 4.86. The molecule has 1 aromatic carbocycles. The lowest BCUT2D eigenvalue weighted by molar-refractivity contribution is 0.0954. The highest BCUT2D eigenvalue weighted by molar-refractivity contribution is 6.06. The van der Waals surface area contributed by atoms with Crippen LogP contribution in [-0.2, 0) is 0 Å². The first kappa shape index (κ1) is 13.5. The van der Waals surface area contributed by atoms with E-state index in [9.17, 15) is 4.79 Å². The largest absolute Gasteiger partial charge is 0.352 e. The second-order valence-electron chi connectivity index (χ2n) is 4.48. The summed E-state index contributed by atoms with van der Waals surface area (Å²) in [5, 5.41) is 3.84. The van der Waals surface area contributed by atoms with Gasteiger partial charge in [0.25, 0.3) is 5.91 Å². The molecule has 4 nitrogen and oxygen atoms in total. The predicted molar refractivity (Wildman–Crippen MR) is 77.0 cm³/mol. The summed E-state index contributed by atoms with van der Waals surface area (Å²) in [5.41, 5.74) is 6.96. The van der Waals surface area contributed by atoms with Gasteiger partial charge in [-0.1, -0.05) is 18.6 Å². The summed E-state index contributed by atoms with van der Waals surface area (Å²) in [4.78, 5) is 16.4. The smallest absolute Gasteiger partial charge is 0.251 e. The van der Waals surface area contributed by atoms with Crippen molar-refractivity contribution in [2.24, 2.45) is 5.73 Å². The van der Waals surface area contributed by atoms with Crippen LogP contribution in [0.2, 0.25) is 0 Å². The third-order valence-electron chi connectivity index (χ3n) is 3.06. The lowest BCUT2D eigenvalue weighted by Gasteiger charge is -2.07. The number of carbonyl (C=O) groups is 1. The number of rotatable bonds is 6. The van der Waals surface area contributed by atoms with Crippen molar-refractivity contribution in [1.82, 2.24) is 10.3 Å². The van der Waals surface area contributed by atoms with Crippen LogP contribution in [0.4, 0.5) is 0 Å². The van der Waals surface area contributed by atoms with Crippen LogP contribution >= 0.6 is 0 Å². The Morgan fingerprint density at radius 1 is 1.16 bits per heavy atom. The van der Waals surface area contributed by atoms with Crippen LogP contribution in [0.15, 0.2) is 36.5 Å². The molecule has 0 atom stereocenters. The number of nitrogens with zero attached hydrogens (tertiary/aromatic N) is 1. The molecule has 1 amide bonds. The number of carbonyl (C=O) groups excluding carboxylic acids is 1. The average molecular weight is 257 g/mol. The minimum Gasteiger partial charge on any atom is -0.352 e. The number of hydrogen-bond donors (Lipinski definition) is 2. The summed E-state index contributed by atoms with van der Waals surface area (Å²) in [6, 6.07) is 9.37. The quantitative estimate of drug-likeness (QED) is 0.779. The van der Waals surface area contributed by atoms with E-state index in [4.69, 9.17) is 5.73 Å². The first-order valence-electron chi connectivity index (χ1n) is 6.65. The fourth-order valence-electron chi connectivity index (χ4n) is 2.04. The SMILES string of the molecule is NCCCCCNC(=O)c1cccc2ncccc12. The molecule has 0 fully saturated rings. The third kappa shape index (κ3) is 3.51. The van der Waals surface area contributed by atoms with Crippen molar-refractivity contribution in [2.45, 2.75) is 19.3 Å². The van der Waals surface area contributed by atoms with Crippen molar-refractivity contribution >= 4 is 16.8 Å². The molecule has 0 radical (unpaired) electrons.